The van der Waals surface area contributed by atoms with Crippen molar-refractivity contribution < 1.29 is 14.7 Å². The lowest BCUT2D eigenvalue weighted by Gasteiger charge is -2.21. The average molecular weight is 240 g/mol. The Labute approximate surface area is 98.8 Å². The molecule has 1 aromatic rings. The molecule has 0 aromatic carbocycles. The summed E-state index contributed by atoms with van der Waals surface area (Å²) >= 11 is 0. The number of nitrogens with zero attached hydrogens (tertiary/aromatic N) is 2. The third kappa shape index (κ3) is 3.78. The lowest BCUT2D eigenvalue weighted by atomic mass is 10.1. The van der Waals surface area contributed by atoms with Gasteiger partial charge in [-0.25, -0.2) is 9.59 Å². The third-order valence-corrected chi connectivity index (χ3v) is 2.17. The van der Waals surface area contributed by atoms with E-state index in [9.17, 15) is 9.59 Å². The van der Waals surface area contributed by atoms with Crippen molar-refractivity contribution >= 4 is 12.0 Å². The second-order valence-electron chi connectivity index (χ2n) is 4.26. The topological polar surface area (TPSA) is 96.2 Å². The van der Waals surface area contributed by atoms with E-state index < -0.39 is 17.5 Å². The number of carbonyl (C=O) groups excluding carboxylic acids is 1. The van der Waals surface area contributed by atoms with Gasteiger partial charge in [0.05, 0.1) is 6.20 Å². The van der Waals surface area contributed by atoms with E-state index in [-0.39, 0.29) is 0 Å². The first-order valence-corrected chi connectivity index (χ1v) is 5.08. The van der Waals surface area contributed by atoms with Crippen LogP contribution >= 0.6 is 0 Å². The van der Waals surface area contributed by atoms with Crippen molar-refractivity contribution in [2.45, 2.75) is 25.9 Å². The van der Waals surface area contributed by atoms with Gasteiger partial charge in [-0.1, -0.05) is 0 Å². The molecule has 0 radical (unpaired) electrons. The molecule has 0 unspecified atom stereocenters. The molecule has 7 heteroatoms. The molecule has 0 aliphatic rings. The summed E-state index contributed by atoms with van der Waals surface area (Å²) < 4.78 is 1.62. The molecule has 0 saturated carbocycles. The van der Waals surface area contributed by atoms with Gasteiger partial charge in [-0.05, 0) is 13.8 Å². The van der Waals surface area contributed by atoms with Crippen molar-refractivity contribution in [3.63, 3.8) is 0 Å². The summed E-state index contributed by atoms with van der Waals surface area (Å²) in [5.74, 6) is -1.09. The van der Waals surface area contributed by atoms with Gasteiger partial charge in [0.1, 0.15) is 5.54 Å². The zero-order chi connectivity index (χ0) is 13.1. The SMILES string of the molecule is Cn1cc(CNC(=O)NC(C)(C)C(=O)O)cn1. The Bertz CT molecular complexity index is 425. The molecule has 94 valence electrons. The zero-order valence-corrected chi connectivity index (χ0v) is 10.0. The van der Waals surface area contributed by atoms with Gasteiger partial charge in [-0.3, -0.25) is 4.68 Å². The number of nitrogens with one attached hydrogen (secondary N) is 2. The van der Waals surface area contributed by atoms with Crippen molar-refractivity contribution in [2.24, 2.45) is 7.05 Å². The summed E-state index contributed by atoms with van der Waals surface area (Å²) in [6, 6.07) is -0.527. The molecule has 1 aromatic heterocycles. The van der Waals surface area contributed by atoms with Crippen LogP contribution in [-0.2, 0) is 18.4 Å². The Morgan fingerprint density at radius 2 is 2.18 bits per heavy atom. The number of aromatic nitrogens is 2. The summed E-state index contributed by atoms with van der Waals surface area (Å²) in [6.45, 7) is 3.13. The van der Waals surface area contributed by atoms with Gasteiger partial charge < -0.3 is 15.7 Å². The van der Waals surface area contributed by atoms with Crippen LogP contribution in [0, 0.1) is 0 Å². The highest BCUT2D eigenvalue weighted by molar-refractivity contribution is 5.85. The number of carbonyl (C=O) groups is 2. The van der Waals surface area contributed by atoms with Gasteiger partial charge in [0.2, 0.25) is 0 Å². The second-order valence-corrected chi connectivity index (χ2v) is 4.26. The fraction of sp³-hybridized carbons (Fsp3) is 0.500. The number of hydrogen-bond donors (Lipinski definition) is 3. The molecule has 0 saturated heterocycles. The fourth-order valence-electron chi connectivity index (χ4n) is 1.13. The van der Waals surface area contributed by atoms with Crippen LogP contribution in [0.5, 0.6) is 0 Å². The standard InChI is InChI=1S/C10H16N4O3/c1-10(2,8(15)16)13-9(17)11-4-7-5-12-14(3)6-7/h5-6H,4H2,1-3H3,(H,15,16)(H2,11,13,17). The minimum Gasteiger partial charge on any atom is -0.480 e. The van der Waals surface area contributed by atoms with Crippen molar-refractivity contribution in [2.75, 3.05) is 0 Å². The minimum atomic E-state index is -1.29. The van der Waals surface area contributed by atoms with Gasteiger partial charge in [0.25, 0.3) is 0 Å². The van der Waals surface area contributed by atoms with E-state index in [4.69, 9.17) is 5.11 Å². The fourth-order valence-corrected chi connectivity index (χ4v) is 1.13. The molecule has 0 aliphatic heterocycles. The van der Waals surface area contributed by atoms with Crippen LogP contribution in [-0.4, -0.2) is 32.4 Å². The zero-order valence-electron chi connectivity index (χ0n) is 10.0. The maximum atomic E-state index is 11.4. The predicted molar refractivity (Wildman–Crippen MR) is 60.3 cm³/mol. The summed E-state index contributed by atoms with van der Waals surface area (Å²) in [7, 11) is 1.77. The summed E-state index contributed by atoms with van der Waals surface area (Å²) in [4.78, 5) is 22.2. The number of aliphatic carboxylic acids is 1. The predicted octanol–water partition coefficient (Wildman–Crippen LogP) is 0.0825. The van der Waals surface area contributed by atoms with E-state index in [0.29, 0.717) is 6.54 Å². The van der Waals surface area contributed by atoms with E-state index in [2.05, 4.69) is 15.7 Å². The Kier molecular flexibility index (Phi) is 3.72. The summed E-state index contributed by atoms with van der Waals surface area (Å²) in [6.07, 6.45) is 3.39. The minimum absolute atomic E-state index is 0.301. The number of carboxylic acid groups (broad SMARTS) is 1. The largest absolute Gasteiger partial charge is 0.480 e. The molecular formula is C10H16N4O3. The normalized spacial score (nSPS) is 11.0. The average Bonchev–Trinajstić information content (AvgIpc) is 2.60. The van der Waals surface area contributed by atoms with Crippen LogP contribution in [0.1, 0.15) is 19.4 Å². The van der Waals surface area contributed by atoms with Crippen LogP contribution in [0.15, 0.2) is 12.4 Å². The third-order valence-electron chi connectivity index (χ3n) is 2.17. The molecule has 2 amide bonds. The lowest BCUT2D eigenvalue weighted by Crippen LogP contribution is -2.52. The first-order chi connectivity index (χ1) is 7.81. The van der Waals surface area contributed by atoms with Gasteiger partial charge in [-0.15, -0.1) is 0 Å². The highest BCUT2D eigenvalue weighted by Gasteiger charge is 2.28. The number of amides is 2. The number of rotatable bonds is 4. The second kappa shape index (κ2) is 4.86. The van der Waals surface area contributed by atoms with Crippen LogP contribution in [0.3, 0.4) is 0 Å². The molecule has 1 heterocycles. The molecule has 3 N–H and O–H groups in total. The van der Waals surface area contributed by atoms with E-state index >= 15 is 0 Å². The molecule has 0 spiro atoms. The number of urea groups is 1. The Morgan fingerprint density at radius 1 is 1.53 bits per heavy atom. The number of aryl methyl sites for hydroxylation is 1. The van der Waals surface area contributed by atoms with Crippen LogP contribution in [0.2, 0.25) is 0 Å². The highest BCUT2D eigenvalue weighted by Crippen LogP contribution is 2.01. The van der Waals surface area contributed by atoms with Crippen molar-refractivity contribution in [1.82, 2.24) is 20.4 Å². The van der Waals surface area contributed by atoms with Crippen LogP contribution in [0.25, 0.3) is 0 Å². The van der Waals surface area contributed by atoms with E-state index in [1.54, 1.807) is 24.1 Å². The van der Waals surface area contributed by atoms with Crippen molar-refractivity contribution in [3.8, 4) is 0 Å². The molecule has 0 atom stereocenters. The number of hydrogen-bond acceptors (Lipinski definition) is 3. The Hall–Kier alpha value is -2.05. The first-order valence-electron chi connectivity index (χ1n) is 5.08. The van der Waals surface area contributed by atoms with Crippen molar-refractivity contribution in [1.29, 1.82) is 0 Å². The Morgan fingerprint density at radius 3 is 2.65 bits per heavy atom. The molecule has 17 heavy (non-hydrogen) atoms. The molecule has 1 rings (SSSR count). The smallest absolute Gasteiger partial charge is 0.328 e. The van der Waals surface area contributed by atoms with Gasteiger partial charge >= 0.3 is 12.0 Å². The van der Waals surface area contributed by atoms with E-state index in [1.165, 1.54) is 13.8 Å². The van der Waals surface area contributed by atoms with Gasteiger partial charge in [0.15, 0.2) is 0 Å². The lowest BCUT2D eigenvalue weighted by molar-refractivity contribution is -0.142. The maximum absolute atomic E-state index is 11.4. The monoisotopic (exact) mass is 240 g/mol. The van der Waals surface area contributed by atoms with E-state index in [0.717, 1.165) is 5.56 Å². The first kappa shape index (κ1) is 13.0. The molecule has 0 fully saturated rings. The van der Waals surface area contributed by atoms with Gasteiger partial charge in [-0.2, -0.15) is 5.10 Å². The van der Waals surface area contributed by atoms with Crippen molar-refractivity contribution in [3.05, 3.63) is 18.0 Å². The highest BCUT2D eigenvalue weighted by atomic mass is 16.4. The van der Waals surface area contributed by atoms with Gasteiger partial charge in [0, 0.05) is 25.4 Å². The summed E-state index contributed by atoms with van der Waals surface area (Å²) in [5.41, 5.74) is -0.449. The van der Waals surface area contributed by atoms with Crippen LogP contribution < -0.4 is 10.6 Å². The quantitative estimate of drug-likeness (QED) is 0.694. The number of carboxylic acids is 1. The molecule has 0 bridgehead atoms. The van der Waals surface area contributed by atoms with Crippen LogP contribution in [0.4, 0.5) is 4.79 Å². The summed E-state index contributed by atoms with van der Waals surface area (Å²) in [5, 5.41) is 17.7. The maximum Gasteiger partial charge on any atom is 0.328 e. The molecule has 0 aliphatic carbocycles. The van der Waals surface area contributed by atoms with E-state index in [1.807, 2.05) is 0 Å². The Balaban J connectivity index is 2.43. The molecular weight excluding hydrogens is 224 g/mol. The molecule has 7 nitrogen and oxygen atoms in total.